The van der Waals surface area contributed by atoms with Gasteiger partial charge in [0.25, 0.3) is 5.91 Å². The summed E-state index contributed by atoms with van der Waals surface area (Å²) in [7, 11) is 1.60. The van der Waals surface area contributed by atoms with E-state index >= 15 is 0 Å². The molecule has 1 fully saturated rings. The van der Waals surface area contributed by atoms with Crippen molar-refractivity contribution < 1.29 is 9.53 Å². The molecular weight excluding hydrogens is 226 g/mol. The minimum absolute atomic E-state index is 0.0188. The SMILES string of the molecule is COc1ccc(C)cc1C(=O)NC1CCC(C)C1. The van der Waals surface area contributed by atoms with E-state index in [1.165, 1.54) is 6.42 Å². The van der Waals surface area contributed by atoms with Crippen LogP contribution in [0.3, 0.4) is 0 Å². The van der Waals surface area contributed by atoms with Crippen molar-refractivity contribution in [1.29, 1.82) is 0 Å². The zero-order valence-corrected chi connectivity index (χ0v) is 11.3. The van der Waals surface area contributed by atoms with Crippen molar-refractivity contribution in [3.63, 3.8) is 0 Å². The highest BCUT2D eigenvalue weighted by Gasteiger charge is 2.24. The van der Waals surface area contributed by atoms with Gasteiger partial charge in [-0.05, 0) is 44.2 Å². The molecule has 1 aliphatic carbocycles. The first-order chi connectivity index (χ1) is 8.60. The van der Waals surface area contributed by atoms with Gasteiger partial charge in [0.1, 0.15) is 5.75 Å². The van der Waals surface area contributed by atoms with E-state index in [1.807, 2.05) is 25.1 Å². The van der Waals surface area contributed by atoms with Crippen LogP contribution in [0.2, 0.25) is 0 Å². The minimum Gasteiger partial charge on any atom is -0.496 e. The van der Waals surface area contributed by atoms with E-state index < -0.39 is 0 Å². The van der Waals surface area contributed by atoms with Gasteiger partial charge in [-0.1, -0.05) is 18.6 Å². The number of benzene rings is 1. The maximum Gasteiger partial charge on any atom is 0.255 e. The van der Waals surface area contributed by atoms with Crippen LogP contribution in [0.25, 0.3) is 0 Å². The summed E-state index contributed by atoms with van der Waals surface area (Å²) in [6.45, 7) is 4.22. The second-order valence-electron chi connectivity index (χ2n) is 5.29. The average Bonchev–Trinajstić information content (AvgIpc) is 2.74. The molecule has 0 radical (unpaired) electrons. The molecule has 2 unspecified atom stereocenters. The van der Waals surface area contributed by atoms with Gasteiger partial charge >= 0.3 is 0 Å². The van der Waals surface area contributed by atoms with Crippen LogP contribution in [0.4, 0.5) is 0 Å². The smallest absolute Gasteiger partial charge is 0.255 e. The normalized spacial score (nSPS) is 22.8. The van der Waals surface area contributed by atoms with Crippen LogP contribution in [0.1, 0.15) is 42.1 Å². The standard InChI is InChI=1S/C15H21NO2/c1-10-4-6-12(8-10)16-15(17)13-9-11(2)5-7-14(13)18-3/h5,7,9-10,12H,4,6,8H2,1-3H3,(H,16,17). The molecule has 1 aliphatic rings. The molecule has 3 heteroatoms. The summed E-state index contributed by atoms with van der Waals surface area (Å²) in [5.74, 6) is 1.34. The summed E-state index contributed by atoms with van der Waals surface area (Å²) in [6.07, 6.45) is 3.37. The van der Waals surface area contributed by atoms with E-state index in [-0.39, 0.29) is 5.91 Å². The number of rotatable bonds is 3. The van der Waals surface area contributed by atoms with Crippen molar-refractivity contribution in [1.82, 2.24) is 5.32 Å². The van der Waals surface area contributed by atoms with E-state index in [1.54, 1.807) is 7.11 Å². The van der Waals surface area contributed by atoms with Crippen LogP contribution in [-0.4, -0.2) is 19.1 Å². The highest BCUT2D eigenvalue weighted by molar-refractivity contribution is 5.97. The number of nitrogens with one attached hydrogen (secondary N) is 1. The van der Waals surface area contributed by atoms with Crippen LogP contribution in [-0.2, 0) is 0 Å². The van der Waals surface area contributed by atoms with Gasteiger partial charge in [0, 0.05) is 6.04 Å². The Hall–Kier alpha value is -1.51. The first-order valence-corrected chi connectivity index (χ1v) is 6.55. The largest absolute Gasteiger partial charge is 0.496 e. The van der Waals surface area contributed by atoms with Crippen molar-refractivity contribution in [3.05, 3.63) is 29.3 Å². The van der Waals surface area contributed by atoms with Crippen LogP contribution in [0.5, 0.6) is 5.75 Å². The Labute approximate surface area is 109 Å². The molecule has 2 atom stereocenters. The molecule has 1 N–H and O–H groups in total. The third-order valence-electron chi connectivity index (χ3n) is 3.63. The Kier molecular flexibility index (Phi) is 3.90. The van der Waals surface area contributed by atoms with Gasteiger partial charge in [-0.15, -0.1) is 0 Å². The molecule has 0 aliphatic heterocycles. The zero-order chi connectivity index (χ0) is 13.1. The van der Waals surface area contributed by atoms with Crippen molar-refractivity contribution in [3.8, 4) is 5.75 Å². The van der Waals surface area contributed by atoms with Gasteiger partial charge in [-0.2, -0.15) is 0 Å². The van der Waals surface area contributed by atoms with Gasteiger partial charge in [0.2, 0.25) is 0 Å². The minimum atomic E-state index is -0.0188. The van der Waals surface area contributed by atoms with Crippen molar-refractivity contribution in [2.45, 2.75) is 39.2 Å². The third-order valence-corrected chi connectivity index (χ3v) is 3.63. The summed E-state index contributed by atoms with van der Waals surface area (Å²) < 4.78 is 5.25. The molecule has 1 aromatic rings. The molecule has 1 aromatic carbocycles. The van der Waals surface area contributed by atoms with Gasteiger partial charge in [-0.3, -0.25) is 4.79 Å². The molecule has 1 saturated carbocycles. The lowest BCUT2D eigenvalue weighted by molar-refractivity contribution is 0.0934. The second kappa shape index (κ2) is 5.42. The van der Waals surface area contributed by atoms with E-state index in [9.17, 15) is 4.79 Å². The molecule has 98 valence electrons. The molecule has 0 saturated heterocycles. The third kappa shape index (κ3) is 2.84. The van der Waals surface area contributed by atoms with Gasteiger partial charge < -0.3 is 10.1 Å². The molecule has 18 heavy (non-hydrogen) atoms. The Morgan fingerprint density at radius 3 is 2.78 bits per heavy atom. The number of aryl methyl sites for hydroxylation is 1. The Morgan fingerprint density at radius 1 is 1.39 bits per heavy atom. The van der Waals surface area contributed by atoms with Crippen molar-refractivity contribution in [2.75, 3.05) is 7.11 Å². The number of amides is 1. The fraction of sp³-hybridized carbons (Fsp3) is 0.533. The van der Waals surface area contributed by atoms with E-state index in [2.05, 4.69) is 12.2 Å². The zero-order valence-electron chi connectivity index (χ0n) is 11.3. The van der Waals surface area contributed by atoms with Crippen LogP contribution >= 0.6 is 0 Å². The van der Waals surface area contributed by atoms with Crippen molar-refractivity contribution in [2.24, 2.45) is 5.92 Å². The molecule has 0 bridgehead atoms. The summed E-state index contributed by atoms with van der Waals surface area (Å²) in [4.78, 5) is 12.2. The Balaban J connectivity index is 2.10. The molecular formula is C15H21NO2. The molecule has 0 spiro atoms. The molecule has 1 amide bonds. The number of hydrogen-bond acceptors (Lipinski definition) is 2. The second-order valence-corrected chi connectivity index (χ2v) is 5.29. The molecule has 3 nitrogen and oxygen atoms in total. The summed E-state index contributed by atoms with van der Waals surface area (Å²) in [5.41, 5.74) is 1.71. The van der Waals surface area contributed by atoms with Crippen LogP contribution in [0.15, 0.2) is 18.2 Å². The lowest BCUT2D eigenvalue weighted by Crippen LogP contribution is -2.33. The predicted molar refractivity (Wildman–Crippen MR) is 72.0 cm³/mol. The fourth-order valence-corrected chi connectivity index (χ4v) is 2.60. The van der Waals surface area contributed by atoms with Crippen LogP contribution in [0, 0.1) is 12.8 Å². The Bertz CT molecular complexity index is 442. The first kappa shape index (κ1) is 12.9. The molecule has 2 rings (SSSR count). The first-order valence-electron chi connectivity index (χ1n) is 6.55. The van der Waals surface area contributed by atoms with Gasteiger partial charge in [0.05, 0.1) is 12.7 Å². The van der Waals surface area contributed by atoms with Crippen molar-refractivity contribution >= 4 is 5.91 Å². The fourth-order valence-electron chi connectivity index (χ4n) is 2.60. The Morgan fingerprint density at radius 2 is 2.17 bits per heavy atom. The maximum atomic E-state index is 12.2. The maximum absolute atomic E-state index is 12.2. The summed E-state index contributed by atoms with van der Waals surface area (Å²) >= 11 is 0. The number of ether oxygens (including phenoxy) is 1. The summed E-state index contributed by atoms with van der Waals surface area (Å²) in [6, 6.07) is 6.00. The van der Waals surface area contributed by atoms with Crippen LogP contribution < -0.4 is 10.1 Å². The predicted octanol–water partition coefficient (Wildman–Crippen LogP) is 2.92. The monoisotopic (exact) mass is 247 g/mol. The highest BCUT2D eigenvalue weighted by Crippen LogP contribution is 2.26. The molecule has 0 heterocycles. The molecule has 0 aromatic heterocycles. The lowest BCUT2D eigenvalue weighted by Gasteiger charge is -2.14. The summed E-state index contributed by atoms with van der Waals surface area (Å²) in [5, 5.41) is 3.11. The lowest BCUT2D eigenvalue weighted by atomic mass is 10.1. The number of carbonyl (C=O) groups is 1. The van der Waals surface area contributed by atoms with Gasteiger partial charge in [0.15, 0.2) is 0 Å². The van der Waals surface area contributed by atoms with E-state index in [0.29, 0.717) is 17.4 Å². The topological polar surface area (TPSA) is 38.3 Å². The quantitative estimate of drug-likeness (QED) is 0.892. The number of carbonyl (C=O) groups excluding carboxylic acids is 1. The number of hydrogen-bond donors (Lipinski definition) is 1. The van der Waals surface area contributed by atoms with Gasteiger partial charge in [-0.25, -0.2) is 0 Å². The van der Waals surface area contributed by atoms with E-state index in [0.717, 1.165) is 24.3 Å². The average molecular weight is 247 g/mol. The van der Waals surface area contributed by atoms with E-state index in [4.69, 9.17) is 4.74 Å². The highest BCUT2D eigenvalue weighted by atomic mass is 16.5. The number of methoxy groups -OCH3 is 1.